The standard InChI is InChI=1S/C39H43N9O6/c49-34-4-2-1-3-26(34)31-14-33-36(43-42-31)40-15-23-16-44(9-10-47(23)33)19-28-29-20-45(21-30(28)29)17-24-18-46(11-12-54-24)22-5-6-25-27(13-22)39(53)48(38(25)52)32-7-8-35(50)41-37(32)51/h1-6,13-14,23-24,28-30,32,49H,7-12,15-21H2,(H,40,43)(H,41,50,51)/t23-,24+,28-,29-,30+,32?/m0/s1. The number of para-hydroxylation sites is 1. The molecule has 5 fully saturated rings. The van der Waals surface area contributed by atoms with Gasteiger partial charge in [-0.1, -0.05) is 12.1 Å². The van der Waals surface area contributed by atoms with Gasteiger partial charge in [0.15, 0.2) is 5.82 Å². The maximum absolute atomic E-state index is 13.4. The number of likely N-dealkylation sites (tertiary alicyclic amines) is 1. The first-order valence-corrected chi connectivity index (χ1v) is 19.1. The number of aromatic nitrogens is 2. The van der Waals surface area contributed by atoms with Crippen molar-refractivity contribution >= 4 is 40.8 Å². The van der Waals surface area contributed by atoms with Gasteiger partial charge in [0.05, 0.1) is 41.3 Å². The molecule has 1 saturated carbocycles. The Morgan fingerprint density at radius 1 is 0.833 bits per heavy atom. The Balaban J connectivity index is 0.716. The van der Waals surface area contributed by atoms with E-state index in [-0.39, 0.29) is 30.6 Å². The molecule has 15 heteroatoms. The second-order valence-corrected chi connectivity index (χ2v) is 15.8. The number of hydrogen-bond donors (Lipinski definition) is 3. The number of phenolic OH excluding ortho intramolecular Hbond substituents is 1. The van der Waals surface area contributed by atoms with Gasteiger partial charge in [0.25, 0.3) is 11.8 Å². The molecule has 1 unspecified atom stereocenters. The first-order chi connectivity index (χ1) is 26.3. The van der Waals surface area contributed by atoms with Crippen LogP contribution in [0.4, 0.5) is 17.2 Å². The van der Waals surface area contributed by atoms with Crippen LogP contribution in [0.5, 0.6) is 5.75 Å². The SMILES string of the molecule is O=C1CCC(N2C(=O)c3ccc(N4CCO[C@H](CN5C[C@@H]6[C@H](C5)[C@H]6CN5CCN6c7cc(-c8ccccc8O)nnc7NC[C@H]6C5)C4)cc3C2=O)C(=O)N1. The largest absolute Gasteiger partial charge is 0.507 e. The van der Waals surface area contributed by atoms with Crippen LogP contribution in [0.1, 0.15) is 33.6 Å². The van der Waals surface area contributed by atoms with Crippen LogP contribution < -0.4 is 20.4 Å². The quantitative estimate of drug-likeness (QED) is 0.298. The number of nitrogens with one attached hydrogen (secondary N) is 2. The van der Waals surface area contributed by atoms with E-state index in [1.54, 1.807) is 18.2 Å². The smallest absolute Gasteiger partial charge is 0.262 e. The van der Waals surface area contributed by atoms with Gasteiger partial charge in [-0.25, -0.2) is 0 Å². The average Bonchev–Trinajstić information content (AvgIpc) is 3.49. The summed E-state index contributed by atoms with van der Waals surface area (Å²) in [5, 5.41) is 25.0. The zero-order chi connectivity index (χ0) is 36.7. The highest BCUT2D eigenvalue weighted by Crippen LogP contribution is 2.52. The van der Waals surface area contributed by atoms with Crippen LogP contribution in [0.15, 0.2) is 48.5 Å². The van der Waals surface area contributed by atoms with Crippen molar-refractivity contribution in [2.45, 2.75) is 31.0 Å². The van der Waals surface area contributed by atoms with Crippen molar-refractivity contribution < 1.29 is 29.0 Å². The lowest BCUT2D eigenvalue weighted by atomic mass is 10.0. The summed E-state index contributed by atoms with van der Waals surface area (Å²) in [6, 6.07) is 14.0. The summed E-state index contributed by atoms with van der Waals surface area (Å²) in [7, 11) is 0. The number of carbonyl (C=O) groups is 4. The van der Waals surface area contributed by atoms with Crippen molar-refractivity contribution in [2.24, 2.45) is 17.8 Å². The Hall–Kier alpha value is -5.12. The van der Waals surface area contributed by atoms with E-state index in [1.165, 1.54) is 0 Å². The van der Waals surface area contributed by atoms with E-state index in [9.17, 15) is 24.3 Å². The lowest BCUT2D eigenvalue weighted by Gasteiger charge is -2.46. The number of anilines is 3. The van der Waals surface area contributed by atoms with E-state index < -0.39 is 23.8 Å². The number of piperidine rings is 2. The third-order valence-corrected chi connectivity index (χ3v) is 12.6. The third-order valence-electron chi connectivity index (χ3n) is 12.6. The number of ether oxygens (including phenoxy) is 1. The van der Waals surface area contributed by atoms with Crippen molar-refractivity contribution in [1.29, 1.82) is 0 Å². The number of fused-ring (bicyclic) bond motifs is 5. The number of hydrogen-bond acceptors (Lipinski definition) is 13. The molecule has 2 aromatic carbocycles. The summed E-state index contributed by atoms with van der Waals surface area (Å²) < 4.78 is 6.23. The number of imide groups is 2. The second-order valence-electron chi connectivity index (χ2n) is 15.8. The van der Waals surface area contributed by atoms with Crippen LogP contribution in [0.2, 0.25) is 0 Å². The van der Waals surface area contributed by atoms with Gasteiger partial charge in [0.2, 0.25) is 11.8 Å². The van der Waals surface area contributed by atoms with E-state index in [4.69, 9.17) is 4.74 Å². The van der Waals surface area contributed by atoms with Gasteiger partial charge in [-0.3, -0.25) is 34.3 Å². The monoisotopic (exact) mass is 733 g/mol. The minimum atomic E-state index is -0.974. The number of benzene rings is 2. The van der Waals surface area contributed by atoms with E-state index in [2.05, 4.69) is 46.5 Å². The molecule has 3 aromatic rings. The van der Waals surface area contributed by atoms with Crippen LogP contribution in [-0.4, -0.2) is 144 Å². The van der Waals surface area contributed by atoms with E-state index in [0.717, 1.165) is 92.2 Å². The fourth-order valence-electron chi connectivity index (χ4n) is 9.80. The van der Waals surface area contributed by atoms with E-state index >= 15 is 0 Å². The first-order valence-electron chi connectivity index (χ1n) is 19.1. The normalized spacial score (nSPS) is 29.4. The van der Waals surface area contributed by atoms with Crippen LogP contribution in [-0.2, 0) is 14.3 Å². The Morgan fingerprint density at radius 3 is 2.50 bits per heavy atom. The topological polar surface area (TPSA) is 164 Å². The molecule has 0 bridgehead atoms. The minimum absolute atomic E-state index is 0.0334. The maximum atomic E-state index is 13.4. The zero-order valence-electron chi connectivity index (χ0n) is 29.9. The molecule has 3 N–H and O–H groups in total. The highest BCUT2D eigenvalue weighted by atomic mass is 16.5. The Morgan fingerprint density at radius 2 is 1.67 bits per heavy atom. The summed E-state index contributed by atoms with van der Waals surface area (Å²) in [6.45, 7) is 9.90. The summed E-state index contributed by atoms with van der Waals surface area (Å²) in [5.74, 6) is 1.20. The van der Waals surface area contributed by atoms with Gasteiger partial charge in [-0.15, -0.1) is 10.2 Å². The summed E-state index contributed by atoms with van der Waals surface area (Å²) >= 11 is 0. The Labute approximate surface area is 312 Å². The highest BCUT2D eigenvalue weighted by Gasteiger charge is 2.56. The van der Waals surface area contributed by atoms with E-state index in [0.29, 0.717) is 48.1 Å². The van der Waals surface area contributed by atoms with Crippen molar-refractivity contribution in [3.63, 3.8) is 0 Å². The van der Waals surface area contributed by atoms with Crippen molar-refractivity contribution in [1.82, 2.24) is 30.2 Å². The van der Waals surface area contributed by atoms with Gasteiger partial charge in [0.1, 0.15) is 11.8 Å². The number of nitrogens with zero attached hydrogens (tertiary/aromatic N) is 7. The van der Waals surface area contributed by atoms with Crippen LogP contribution in [0.3, 0.4) is 0 Å². The van der Waals surface area contributed by atoms with Crippen molar-refractivity contribution in [3.05, 3.63) is 59.7 Å². The lowest BCUT2D eigenvalue weighted by Crippen LogP contribution is -2.58. The van der Waals surface area contributed by atoms with Crippen LogP contribution >= 0.6 is 0 Å². The van der Waals surface area contributed by atoms with Gasteiger partial charge in [-0.2, -0.15) is 0 Å². The van der Waals surface area contributed by atoms with Crippen LogP contribution in [0, 0.1) is 17.8 Å². The fraction of sp³-hybridized carbons (Fsp3) is 0.487. The molecule has 280 valence electrons. The first kappa shape index (κ1) is 33.4. The number of aromatic hydroxyl groups is 1. The molecular formula is C39H43N9O6. The van der Waals surface area contributed by atoms with Gasteiger partial charge >= 0.3 is 0 Å². The number of carbonyl (C=O) groups excluding carboxylic acids is 4. The second kappa shape index (κ2) is 13.0. The molecule has 10 rings (SSSR count). The molecule has 0 radical (unpaired) electrons. The average molecular weight is 734 g/mol. The predicted octanol–water partition coefficient (Wildman–Crippen LogP) is 1.25. The molecule has 4 amide bonds. The molecule has 6 atom stereocenters. The van der Waals surface area contributed by atoms with Gasteiger partial charge in [-0.05, 0) is 60.6 Å². The molecule has 6 aliphatic heterocycles. The summed E-state index contributed by atoms with van der Waals surface area (Å²) in [5.41, 5.74) is 3.87. The van der Waals surface area contributed by atoms with Gasteiger partial charge in [0, 0.05) is 83.1 Å². The molecule has 1 aliphatic carbocycles. The summed E-state index contributed by atoms with van der Waals surface area (Å²) in [4.78, 5) is 61.6. The van der Waals surface area contributed by atoms with E-state index in [1.807, 2.05) is 24.3 Å². The highest BCUT2D eigenvalue weighted by molar-refractivity contribution is 6.23. The molecule has 1 aromatic heterocycles. The molecular weight excluding hydrogens is 690 g/mol. The van der Waals surface area contributed by atoms with Gasteiger partial charge < -0.3 is 29.9 Å². The Kier molecular flexibility index (Phi) is 8.07. The number of rotatable bonds is 7. The summed E-state index contributed by atoms with van der Waals surface area (Å²) in [6.07, 6.45) is 0.265. The number of morpholine rings is 1. The number of phenols is 1. The fourth-order valence-corrected chi connectivity index (χ4v) is 9.80. The molecule has 4 saturated heterocycles. The number of amides is 4. The van der Waals surface area contributed by atoms with Crippen molar-refractivity contribution in [3.8, 4) is 17.0 Å². The molecule has 7 aliphatic rings. The molecule has 0 spiro atoms. The molecule has 15 nitrogen and oxygen atoms in total. The zero-order valence-corrected chi connectivity index (χ0v) is 29.9. The van der Waals surface area contributed by atoms with Crippen molar-refractivity contribution in [2.75, 3.05) is 87.2 Å². The minimum Gasteiger partial charge on any atom is -0.507 e. The maximum Gasteiger partial charge on any atom is 0.262 e. The molecule has 54 heavy (non-hydrogen) atoms. The molecule has 7 heterocycles. The Bertz CT molecular complexity index is 2050. The predicted molar refractivity (Wildman–Crippen MR) is 197 cm³/mol. The number of piperazine rings is 1. The lowest BCUT2D eigenvalue weighted by molar-refractivity contribution is -0.136. The van der Waals surface area contributed by atoms with Crippen LogP contribution in [0.25, 0.3) is 11.3 Å². The third kappa shape index (κ3) is 5.76.